The number of amides is 1. The SMILES string of the molecule is Cc1cccc(NC(=O)[C@@H](C)N2CCN(c3ccccc3O)CC2)c1. The van der Waals surface area contributed by atoms with E-state index in [1.54, 1.807) is 6.07 Å². The molecule has 2 aromatic carbocycles. The van der Waals surface area contributed by atoms with Gasteiger partial charge in [0.05, 0.1) is 11.7 Å². The summed E-state index contributed by atoms with van der Waals surface area (Å²) in [5.74, 6) is 0.322. The Balaban J connectivity index is 1.57. The van der Waals surface area contributed by atoms with Crippen LogP contribution in [0, 0.1) is 6.92 Å². The number of aryl methyl sites for hydroxylation is 1. The molecule has 132 valence electrons. The standard InChI is InChI=1S/C20H25N3O2/c1-15-6-5-7-17(14-15)21-20(25)16(2)22-10-12-23(13-11-22)18-8-3-4-9-19(18)24/h3-9,14,16,24H,10-13H2,1-2H3,(H,21,25)/t16-/m1/s1. The first kappa shape index (κ1) is 17.3. The summed E-state index contributed by atoms with van der Waals surface area (Å²) in [6.07, 6.45) is 0. The first-order valence-electron chi connectivity index (χ1n) is 8.69. The molecule has 0 aliphatic carbocycles. The molecule has 0 radical (unpaired) electrons. The molecule has 3 rings (SSSR count). The van der Waals surface area contributed by atoms with Crippen molar-refractivity contribution >= 4 is 17.3 Å². The number of rotatable bonds is 4. The number of phenols is 1. The van der Waals surface area contributed by atoms with E-state index in [0.717, 1.165) is 43.1 Å². The first-order valence-corrected chi connectivity index (χ1v) is 8.69. The third-order valence-corrected chi connectivity index (χ3v) is 4.75. The number of benzene rings is 2. The zero-order chi connectivity index (χ0) is 17.8. The van der Waals surface area contributed by atoms with Gasteiger partial charge in [0.25, 0.3) is 0 Å². The van der Waals surface area contributed by atoms with Crippen LogP contribution < -0.4 is 10.2 Å². The topological polar surface area (TPSA) is 55.8 Å². The molecular weight excluding hydrogens is 314 g/mol. The van der Waals surface area contributed by atoms with E-state index in [-0.39, 0.29) is 11.9 Å². The Morgan fingerprint density at radius 1 is 1.08 bits per heavy atom. The maximum absolute atomic E-state index is 12.5. The number of anilines is 2. The summed E-state index contributed by atoms with van der Waals surface area (Å²) in [6, 6.07) is 15.0. The summed E-state index contributed by atoms with van der Waals surface area (Å²) in [5, 5.41) is 13.0. The van der Waals surface area contributed by atoms with E-state index in [2.05, 4.69) is 15.1 Å². The highest BCUT2D eigenvalue weighted by atomic mass is 16.3. The minimum absolute atomic E-state index is 0.0154. The Labute approximate surface area is 148 Å². The number of carbonyl (C=O) groups is 1. The normalized spacial score (nSPS) is 16.5. The van der Waals surface area contributed by atoms with Crippen molar-refractivity contribution in [3.05, 3.63) is 54.1 Å². The highest BCUT2D eigenvalue weighted by molar-refractivity contribution is 5.94. The maximum Gasteiger partial charge on any atom is 0.241 e. The number of carbonyl (C=O) groups excluding carboxylic acids is 1. The molecule has 1 amide bonds. The largest absolute Gasteiger partial charge is 0.506 e. The van der Waals surface area contributed by atoms with Gasteiger partial charge in [-0.1, -0.05) is 24.3 Å². The molecule has 1 atom stereocenters. The minimum Gasteiger partial charge on any atom is -0.506 e. The highest BCUT2D eigenvalue weighted by Gasteiger charge is 2.26. The molecule has 5 heteroatoms. The van der Waals surface area contributed by atoms with Gasteiger partial charge in [-0.05, 0) is 43.7 Å². The molecule has 0 spiro atoms. The Kier molecular flexibility index (Phi) is 5.24. The number of phenolic OH excluding ortho intramolecular Hbond substituents is 1. The second kappa shape index (κ2) is 7.57. The molecule has 0 aromatic heterocycles. The molecule has 1 heterocycles. The number of nitrogens with zero attached hydrogens (tertiary/aromatic N) is 2. The maximum atomic E-state index is 12.5. The third kappa shape index (κ3) is 4.12. The van der Waals surface area contributed by atoms with Crippen LogP contribution in [0.3, 0.4) is 0 Å². The highest BCUT2D eigenvalue weighted by Crippen LogP contribution is 2.27. The smallest absolute Gasteiger partial charge is 0.241 e. The van der Waals surface area contributed by atoms with Crippen molar-refractivity contribution in [1.29, 1.82) is 0 Å². The van der Waals surface area contributed by atoms with Gasteiger partial charge >= 0.3 is 0 Å². The molecule has 25 heavy (non-hydrogen) atoms. The monoisotopic (exact) mass is 339 g/mol. The molecule has 0 bridgehead atoms. The van der Waals surface area contributed by atoms with Crippen molar-refractivity contribution in [2.75, 3.05) is 36.4 Å². The number of hydrogen-bond donors (Lipinski definition) is 2. The van der Waals surface area contributed by atoms with Crippen LogP contribution >= 0.6 is 0 Å². The molecule has 1 fully saturated rings. The van der Waals surface area contributed by atoms with E-state index in [0.29, 0.717) is 5.75 Å². The molecule has 1 saturated heterocycles. The Bertz CT molecular complexity index is 739. The second-order valence-electron chi connectivity index (χ2n) is 6.55. The van der Waals surface area contributed by atoms with Gasteiger partial charge in [0.1, 0.15) is 5.75 Å². The fourth-order valence-corrected chi connectivity index (χ4v) is 3.22. The summed E-state index contributed by atoms with van der Waals surface area (Å²) in [4.78, 5) is 16.9. The zero-order valence-corrected chi connectivity index (χ0v) is 14.8. The van der Waals surface area contributed by atoms with Crippen LogP contribution in [0.4, 0.5) is 11.4 Å². The molecule has 2 N–H and O–H groups in total. The van der Waals surface area contributed by atoms with Gasteiger partial charge in [0, 0.05) is 31.9 Å². The summed E-state index contributed by atoms with van der Waals surface area (Å²) in [6.45, 7) is 7.12. The number of aromatic hydroxyl groups is 1. The third-order valence-electron chi connectivity index (χ3n) is 4.75. The van der Waals surface area contributed by atoms with Crippen LogP contribution in [0.5, 0.6) is 5.75 Å². The minimum atomic E-state index is -0.188. The van der Waals surface area contributed by atoms with Gasteiger partial charge in [-0.3, -0.25) is 9.69 Å². The number of nitrogens with one attached hydrogen (secondary N) is 1. The Morgan fingerprint density at radius 2 is 1.80 bits per heavy atom. The molecule has 0 saturated carbocycles. The van der Waals surface area contributed by atoms with Crippen molar-refractivity contribution < 1.29 is 9.90 Å². The predicted molar refractivity (Wildman–Crippen MR) is 101 cm³/mol. The molecule has 0 unspecified atom stereocenters. The lowest BCUT2D eigenvalue weighted by Gasteiger charge is -2.38. The van der Waals surface area contributed by atoms with Gasteiger partial charge in [0.2, 0.25) is 5.91 Å². The molecule has 2 aromatic rings. The van der Waals surface area contributed by atoms with Gasteiger partial charge in [-0.2, -0.15) is 0 Å². The average Bonchev–Trinajstić information content (AvgIpc) is 2.62. The van der Waals surface area contributed by atoms with Crippen LogP contribution in [0.25, 0.3) is 0 Å². The van der Waals surface area contributed by atoms with Gasteiger partial charge in [0.15, 0.2) is 0 Å². The summed E-state index contributed by atoms with van der Waals surface area (Å²) >= 11 is 0. The Morgan fingerprint density at radius 3 is 2.48 bits per heavy atom. The second-order valence-corrected chi connectivity index (χ2v) is 6.55. The van der Waals surface area contributed by atoms with Crippen molar-refractivity contribution in [3.8, 4) is 5.75 Å². The zero-order valence-electron chi connectivity index (χ0n) is 14.8. The molecule has 5 nitrogen and oxygen atoms in total. The number of hydrogen-bond acceptors (Lipinski definition) is 4. The lowest BCUT2D eigenvalue weighted by molar-refractivity contribution is -0.120. The number of para-hydroxylation sites is 2. The average molecular weight is 339 g/mol. The summed E-state index contributed by atoms with van der Waals surface area (Å²) < 4.78 is 0. The molecular formula is C20H25N3O2. The lowest BCUT2D eigenvalue weighted by Crippen LogP contribution is -2.52. The van der Waals surface area contributed by atoms with E-state index in [4.69, 9.17) is 0 Å². The van der Waals surface area contributed by atoms with Crippen LogP contribution in [0.15, 0.2) is 48.5 Å². The number of piperazine rings is 1. The van der Waals surface area contributed by atoms with Gasteiger partial charge in [-0.25, -0.2) is 0 Å². The van der Waals surface area contributed by atoms with Crippen molar-refractivity contribution in [2.45, 2.75) is 19.9 Å². The Hall–Kier alpha value is -2.53. The fraction of sp³-hybridized carbons (Fsp3) is 0.350. The van der Waals surface area contributed by atoms with Crippen LogP contribution in [0.2, 0.25) is 0 Å². The fourth-order valence-electron chi connectivity index (χ4n) is 3.22. The quantitative estimate of drug-likeness (QED) is 0.899. The predicted octanol–water partition coefficient (Wildman–Crippen LogP) is 2.85. The van der Waals surface area contributed by atoms with Crippen LogP contribution in [-0.4, -0.2) is 48.1 Å². The molecule has 1 aliphatic heterocycles. The van der Waals surface area contributed by atoms with E-state index in [9.17, 15) is 9.90 Å². The van der Waals surface area contributed by atoms with Crippen molar-refractivity contribution in [1.82, 2.24) is 4.90 Å². The van der Waals surface area contributed by atoms with Gasteiger partial charge in [-0.15, -0.1) is 0 Å². The van der Waals surface area contributed by atoms with Crippen LogP contribution in [0.1, 0.15) is 12.5 Å². The van der Waals surface area contributed by atoms with E-state index >= 15 is 0 Å². The van der Waals surface area contributed by atoms with E-state index in [1.165, 1.54) is 0 Å². The first-order chi connectivity index (χ1) is 12.0. The van der Waals surface area contributed by atoms with E-state index in [1.807, 2.05) is 56.3 Å². The molecule has 1 aliphatic rings. The summed E-state index contributed by atoms with van der Waals surface area (Å²) in [7, 11) is 0. The lowest BCUT2D eigenvalue weighted by atomic mass is 10.1. The van der Waals surface area contributed by atoms with E-state index < -0.39 is 0 Å². The van der Waals surface area contributed by atoms with Crippen molar-refractivity contribution in [3.63, 3.8) is 0 Å². The van der Waals surface area contributed by atoms with Crippen LogP contribution in [-0.2, 0) is 4.79 Å². The van der Waals surface area contributed by atoms with Crippen molar-refractivity contribution in [2.24, 2.45) is 0 Å². The van der Waals surface area contributed by atoms with Gasteiger partial charge < -0.3 is 15.3 Å². The summed E-state index contributed by atoms with van der Waals surface area (Å²) in [5.41, 5.74) is 2.82.